The first kappa shape index (κ1) is 43.9. The second-order valence-electron chi connectivity index (χ2n) is 14.0. The fourth-order valence-electron chi connectivity index (χ4n) is 5.83. The van der Waals surface area contributed by atoms with Crippen molar-refractivity contribution in [3.05, 3.63) is 71.5 Å². The summed E-state index contributed by atoms with van der Waals surface area (Å²) in [5.74, 6) is -9.43. The first-order valence-electron chi connectivity index (χ1n) is 17.9. The van der Waals surface area contributed by atoms with E-state index in [2.05, 4.69) is 46.4 Å². The molecule has 1 aliphatic heterocycles. The Kier molecular flexibility index (Phi) is 17.1. The van der Waals surface area contributed by atoms with Crippen molar-refractivity contribution in [2.24, 2.45) is 23.7 Å². The predicted octanol–water partition coefficient (Wildman–Crippen LogP) is 2.95. The van der Waals surface area contributed by atoms with E-state index in [-0.39, 0.29) is 18.0 Å². The summed E-state index contributed by atoms with van der Waals surface area (Å²) in [6.45, 7) is 11.6. The number of carboxylic acids is 2. The standard InChI is InChI=1S/C39H55N5O9/c1-9-30-36(48)43-33(39(52)53)26(7)35(47)42-32(22(2)3)37(49)40-28(18-16-24(5)21-23(4)15-17-27-13-11-10-12-14-27)25(6)34(46)41-29(38(50)51)19-20-31(45)44(30)8/h9-14,16,18,21-23,25-26,28-29,32-33H,15,17,19-20H2,1-8H3,(H,40,49)(H,41,46)(H,42,47)(H,43,48)(H,50,51)(H,52,53)/b18-16+,24-21+,30-9-/t23-,25-,26+,28+,29-,32+,33-/m1/s1. The molecule has 0 spiro atoms. The zero-order valence-electron chi connectivity index (χ0n) is 31.8. The number of allylic oxidation sites excluding steroid dienone is 4. The summed E-state index contributed by atoms with van der Waals surface area (Å²) < 4.78 is 0. The zero-order chi connectivity index (χ0) is 40.0. The van der Waals surface area contributed by atoms with Gasteiger partial charge in [-0.15, -0.1) is 0 Å². The molecule has 0 bridgehead atoms. The average Bonchev–Trinajstić information content (AvgIpc) is 3.10. The van der Waals surface area contributed by atoms with Crippen molar-refractivity contribution in [3.8, 4) is 0 Å². The fourth-order valence-corrected chi connectivity index (χ4v) is 5.83. The summed E-state index contributed by atoms with van der Waals surface area (Å²) in [7, 11) is 1.27. The van der Waals surface area contributed by atoms with Crippen LogP contribution in [0.5, 0.6) is 0 Å². The van der Waals surface area contributed by atoms with Crippen molar-refractivity contribution in [2.45, 2.75) is 98.3 Å². The largest absolute Gasteiger partial charge is 0.480 e. The third kappa shape index (κ3) is 13.3. The molecule has 0 unspecified atom stereocenters. The van der Waals surface area contributed by atoms with Crippen LogP contribution < -0.4 is 21.3 Å². The highest BCUT2D eigenvalue weighted by atomic mass is 16.4. The molecule has 5 amide bonds. The van der Waals surface area contributed by atoms with E-state index >= 15 is 0 Å². The monoisotopic (exact) mass is 737 g/mol. The number of hydrogen-bond donors (Lipinski definition) is 6. The van der Waals surface area contributed by atoms with Gasteiger partial charge in [-0.3, -0.25) is 24.0 Å². The van der Waals surface area contributed by atoms with Crippen LogP contribution >= 0.6 is 0 Å². The van der Waals surface area contributed by atoms with Gasteiger partial charge in [-0.2, -0.15) is 0 Å². The van der Waals surface area contributed by atoms with Gasteiger partial charge in [0.15, 0.2) is 0 Å². The Labute approximate surface area is 311 Å². The van der Waals surface area contributed by atoms with Gasteiger partial charge in [0.2, 0.25) is 23.6 Å². The van der Waals surface area contributed by atoms with Gasteiger partial charge in [0.05, 0.1) is 17.9 Å². The molecule has 1 heterocycles. The molecule has 0 radical (unpaired) electrons. The molecule has 1 aromatic rings. The lowest BCUT2D eigenvalue weighted by Gasteiger charge is -2.29. The number of nitrogens with zero attached hydrogens (tertiary/aromatic N) is 1. The maximum Gasteiger partial charge on any atom is 0.327 e. The van der Waals surface area contributed by atoms with Crippen molar-refractivity contribution in [1.82, 2.24) is 26.2 Å². The number of aliphatic carboxylic acids is 2. The fraction of sp³-hybridized carbons (Fsp3) is 0.513. The van der Waals surface area contributed by atoms with Crippen LogP contribution in [-0.4, -0.2) is 87.8 Å². The van der Waals surface area contributed by atoms with E-state index in [1.807, 2.05) is 25.1 Å². The quantitative estimate of drug-likeness (QED) is 0.162. The number of likely N-dealkylation sites (N-methyl/N-ethyl adjacent to an activating group) is 1. The first-order valence-corrected chi connectivity index (χ1v) is 17.9. The summed E-state index contributed by atoms with van der Waals surface area (Å²) in [5, 5.41) is 30.1. The maximum atomic E-state index is 13.8. The van der Waals surface area contributed by atoms with Crippen molar-refractivity contribution >= 4 is 41.5 Å². The zero-order valence-corrected chi connectivity index (χ0v) is 31.8. The molecular weight excluding hydrogens is 682 g/mol. The molecule has 53 heavy (non-hydrogen) atoms. The van der Waals surface area contributed by atoms with Gasteiger partial charge in [-0.1, -0.05) is 94.8 Å². The van der Waals surface area contributed by atoms with Crippen LogP contribution in [0.4, 0.5) is 0 Å². The summed E-state index contributed by atoms with van der Waals surface area (Å²) in [6, 6.07) is 4.71. The van der Waals surface area contributed by atoms with Gasteiger partial charge in [-0.25, -0.2) is 9.59 Å². The summed E-state index contributed by atoms with van der Waals surface area (Å²) in [4.78, 5) is 92.5. The smallest absolute Gasteiger partial charge is 0.327 e. The summed E-state index contributed by atoms with van der Waals surface area (Å²) in [5.41, 5.74) is 1.85. The van der Waals surface area contributed by atoms with Crippen LogP contribution in [0.2, 0.25) is 0 Å². The Bertz CT molecular complexity index is 1590. The molecule has 2 rings (SSSR count). The summed E-state index contributed by atoms with van der Waals surface area (Å²) in [6.07, 6.45) is 7.78. The predicted molar refractivity (Wildman–Crippen MR) is 199 cm³/mol. The molecule has 1 aromatic carbocycles. The minimum Gasteiger partial charge on any atom is -0.480 e. The van der Waals surface area contributed by atoms with Crippen LogP contribution in [0.1, 0.15) is 73.3 Å². The number of rotatable bonds is 9. The molecule has 0 saturated carbocycles. The highest BCUT2D eigenvalue weighted by Gasteiger charge is 2.37. The molecule has 14 heteroatoms. The Hall–Kier alpha value is -5.27. The Morgan fingerprint density at radius 1 is 0.887 bits per heavy atom. The number of aryl methyl sites for hydroxylation is 1. The third-order valence-corrected chi connectivity index (χ3v) is 9.32. The number of hydrogen-bond acceptors (Lipinski definition) is 7. The molecule has 14 nitrogen and oxygen atoms in total. The minimum absolute atomic E-state index is 0.202. The van der Waals surface area contributed by atoms with Gasteiger partial charge in [0, 0.05) is 13.5 Å². The van der Waals surface area contributed by atoms with E-state index in [4.69, 9.17) is 0 Å². The number of carbonyl (C=O) groups excluding carboxylic acids is 5. The van der Waals surface area contributed by atoms with Crippen molar-refractivity contribution in [2.75, 3.05) is 7.05 Å². The second-order valence-corrected chi connectivity index (χ2v) is 14.0. The van der Waals surface area contributed by atoms with Crippen LogP contribution in [0.25, 0.3) is 0 Å². The third-order valence-electron chi connectivity index (χ3n) is 9.32. The lowest BCUT2D eigenvalue weighted by Crippen LogP contribution is -2.57. The molecular formula is C39H55N5O9. The van der Waals surface area contributed by atoms with E-state index in [0.29, 0.717) is 0 Å². The van der Waals surface area contributed by atoms with E-state index in [1.54, 1.807) is 26.0 Å². The van der Waals surface area contributed by atoms with Gasteiger partial charge < -0.3 is 36.4 Å². The highest BCUT2D eigenvalue weighted by molar-refractivity contribution is 6.00. The number of benzene rings is 1. The van der Waals surface area contributed by atoms with E-state index < -0.39 is 89.8 Å². The van der Waals surface area contributed by atoms with Gasteiger partial charge >= 0.3 is 11.9 Å². The lowest BCUT2D eigenvalue weighted by atomic mass is 9.95. The molecule has 0 aliphatic carbocycles. The van der Waals surface area contributed by atoms with Crippen LogP contribution in [0.15, 0.2) is 65.9 Å². The Balaban J connectivity index is 2.53. The molecule has 290 valence electrons. The van der Waals surface area contributed by atoms with Crippen LogP contribution in [0.3, 0.4) is 0 Å². The summed E-state index contributed by atoms with van der Waals surface area (Å²) >= 11 is 0. The van der Waals surface area contributed by atoms with Crippen molar-refractivity contribution in [1.29, 1.82) is 0 Å². The van der Waals surface area contributed by atoms with Crippen LogP contribution in [0, 0.1) is 23.7 Å². The highest BCUT2D eigenvalue weighted by Crippen LogP contribution is 2.17. The molecule has 0 aromatic heterocycles. The molecule has 1 saturated heterocycles. The van der Waals surface area contributed by atoms with Crippen molar-refractivity contribution in [3.63, 3.8) is 0 Å². The first-order chi connectivity index (χ1) is 24.9. The Morgan fingerprint density at radius 3 is 2.08 bits per heavy atom. The topological polar surface area (TPSA) is 211 Å². The second kappa shape index (κ2) is 20.7. The number of nitrogens with one attached hydrogen (secondary N) is 4. The minimum atomic E-state index is -1.74. The molecule has 6 N–H and O–H groups in total. The Morgan fingerprint density at radius 2 is 1.51 bits per heavy atom. The normalized spacial score (nSPS) is 26.2. The number of carboxylic acid groups (broad SMARTS) is 2. The number of carbonyl (C=O) groups is 7. The van der Waals surface area contributed by atoms with Crippen molar-refractivity contribution < 1.29 is 43.8 Å². The SMILES string of the molecule is C/C=C1/C(=O)N[C@@H](C(=O)O)[C@H](C)C(=O)N[C@@H](C(C)C)C(=O)N[C@@H](/C=C/C(C)=C/[C@H](C)CCc2ccccc2)[C@@H](C)C(=O)N[C@@H](C(=O)O)CCC(=O)N1C. The van der Waals surface area contributed by atoms with E-state index in [9.17, 15) is 43.8 Å². The lowest BCUT2D eigenvalue weighted by molar-refractivity contribution is -0.146. The van der Waals surface area contributed by atoms with Crippen LogP contribution in [-0.2, 0) is 40.0 Å². The van der Waals surface area contributed by atoms with E-state index in [0.717, 1.165) is 23.3 Å². The van der Waals surface area contributed by atoms with Gasteiger partial charge in [-0.05, 0) is 50.5 Å². The van der Waals surface area contributed by atoms with E-state index in [1.165, 1.54) is 39.5 Å². The molecule has 1 fully saturated rings. The maximum absolute atomic E-state index is 13.8. The average molecular weight is 738 g/mol. The van der Waals surface area contributed by atoms with Gasteiger partial charge in [0.1, 0.15) is 23.8 Å². The number of amides is 5. The molecule has 7 atom stereocenters. The van der Waals surface area contributed by atoms with Gasteiger partial charge in [0.25, 0.3) is 5.91 Å². The molecule has 1 aliphatic rings.